The smallest absolute Gasteiger partial charge is 0.294 e. The van der Waals surface area contributed by atoms with Gasteiger partial charge in [0.25, 0.3) is 0 Å². The molecule has 2 atom stereocenters. The van der Waals surface area contributed by atoms with Gasteiger partial charge in [0.1, 0.15) is 0 Å². The summed E-state index contributed by atoms with van der Waals surface area (Å²) in [4.78, 5) is 12.3. The lowest BCUT2D eigenvalue weighted by molar-refractivity contribution is -0.190. The molecule has 0 saturated heterocycles. The molecule has 6 heteroatoms. The van der Waals surface area contributed by atoms with Crippen LogP contribution in [-0.4, -0.2) is 12.0 Å². The van der Waals surface area contributed by atoms with E-state index in [-0.39, 0.29) is 28.5 Å². The van der Waals surface area contributed by atoms with Gasteiger partial charge in [-0.2, -0.15) is 13.2 Å². The Bertz CT molecular complexity index is 514. The molecule has 0 N–H and O–H groups in total. The van der Waals surface area contributed by atoms with Crippen LogP contribution in [0.3, 0.4) is 0 Å². The van der Waals surface area contributed by atoms with Crippen LogP contribution >= 0.6 is 23.2 Å². The summed E-state index contributed by atoms with van der Waals surface area (Å²) in [5.41, 5.74) is 0.195. The summed E-state index contributed by atoms with van der Waals surface area (Å²) in [5, 5.41) is 0.455. The minimum Gasteiger partial charge on any atom is -0.294 e. The summed E-state index contributed by atoms with van der Waals surface area (Å²) >= 11 is 11.6. The summed E-state index contributed by atoms with van der Waals surface area (Å²) in [6.07, 6.45) is -2.90. The number of ketones is 1. The van der Waals surface area contributed by atoms with E-state index in [2.05, 4.69) is 0 Å². The normalized spacial score (nSPS) is 23.6. The molecule has 1 aromatic carbocycles. The van der Waals surface area contributed by atoms with E-state index in [0.29, 0.717) is 12.8 Å². The van der Waals surface area contributed by atoms with Crippen LogP contribution in [-0.2, 0) is 0 Å². The fourth-order valence-corrected chi connectivity index (χ4v) is 3.00. The third kappa shape index (κ3) is 3.29. The van der Waals surface area contributed by atoms with Gasteiger partial charge >= 0.3 is 6.18 Å². The molecule has 0 spiro atoms. The molecule has 1 fully saturated rings. The molecule has 0 amide bonds. The number of rotatable bonds is 2. The van der Waals surface area contributed by atoms with E-state index in [9.17, 15) is 18.0 Å². The average Bonchev–Trinajstić information content (AvgIpc) is 2.40. The lowest BCUT2D eigenvalue weighted by Crippen LogP contribution is -2.37. The number of carbonyl (C=O) groups is 1. The number of alkyl halides is 3. The largest absolute Gasteiger partial charge is 0.392 e. The Kier molecular flexibility index (Phi) is 4.65. The van der Waals surface area contributed by atoms with E-state index in [4.69, 9.17) is 23.2 Å². The molecule has 0 bridgehead atoms. The molecule has 20 heavy (non-hydrogen) atoms. The Labute approximate surface area is 125 Å². The number of hydrogen-bond acceptors (Lipinski definition) is 1. The highest BCUT2D eigenvalue weighted by molar-refractivity contribution is 6.42. The van der Waals surface area contributed by atoms with Crippen LogP contribution in [0.2, 0.25) is 10.0 Å². The van der Waals surface area contributed by atoms with E-state index in [0.717, 1.165) is 0 Å². The van der Waals surface area contributed by atoms with Crippen LogP contribution in [0.25, 0.3) is 0 Å². The lowest BCUT2D eigenvalue weighted by Gasteiger charge is -2.32. The van der Waals surface area contributed by atoms with Crippen LogP contribution in [0.5, 0.6) is 0 Å². The minimum atomic E-state index is -4.34. The summed E-state index contributed by atoms with van der Waals surface area (Å²) in [5.74, 6) is -3.07. The standard InChI is InChI=1S/C14H13Cl2F3O/c15-11-6-5-8(7-12(11)16)13(20)9-3-1-2-4-10(9)14(17,18)19/h5-7,9-10H,1-4H2. The van der Waals surface area contributed by atoms with Gasteiger partial charge in [-0.05, 0) is 31.0 Å². The van der Waals surface area contributed by atoms with Crippen molar-refractivity contribution in [3.8, 4) is 0 Å². The Morgan fingerprint density at radius 2 is 1.75 bits per heavy atom. The summed E-state index contributed by atoms with van der Waals surface area (Å²) in [6.45, 7) is 0. The summed E-state index contributed by atoms with van der Waals surface area (Å²) < 4.78 is 39.0. The molecular formula is C14H13Cl2F3O. The maximum Gasteiger partial charge on any atom is 0.392 e. The molecule has 1 nitrogen and oxygen atoms in total. The van der Waals surface area contributed by atoms with Crippen LogP contribution in [0, 0.1) is 11.8 Å². The number of benzene rings is 1. The zero-order valence-corrected chi connectivity index (χ0v) is 12.0. The van der Waals surface area contributed by atoms with Gasteiger partial charge in [-0.25, -0.2) is 0 Å². The van der Waals surface area contributed by atoms with Gasteiger partial charge in [0.05, 0.1) is 16.0 Å². The van der Waals surface area contributed by atoms with Crippen molar-refractivity contribution < 1.29 is 18.0 Å². The predicted molar refractivity (Wildman–Crippen MR) is 72.3 cm³/mol. The Morgan fingerprint density at radius 3 is 2.35 bits per heavy atom. The molecule has 1 aromatic rings. The van der Waals surface area contributed by atoms with Crippen LogP contribution in [0.4, 0.5) is 13.2 Å². The zero-order chi connectivity index (χ0) is 14.9. The molecular weight excluding hydrogens is 312 g/mol. The monoisotopic (exact) mass is 324 g/mol. The van der Waals surface area contributed by atoms with Gasteiger partial charge in [-0.15, -0.1) is 0 Å². The number of hydrogen-bond donors (Lipinski definition) is 0. The fraction of sp³-hybridized carbons (Fsp3) is 0.500. The van der Waals surface area contributed by atoms with E-state index in [1.807, 2.05) is 0 Å². The third-order valence-electron chi connectivity index (χ3n) is 3.73. The molecule has 0 aromatic heterocycles. The molecule has 2 unspecified atom stereocenters. The van der Waals surface area contributed by atoms with Crippen molar-refractivity contribution in [3.05, 3.63) is 33.8 Å². The van der Waals surface area contributed by atoms with E-state index < -0.39 is 23.8 Å². The third-order valence-corrected chi connectivity index (χ3v) is 4.47. The van der Waals surface area contributed by atoms with E-state index in [1.165, 1.54) is 18.2 Å². The van der Waals surface area contributed by atoms with Gasteiger partial charge in [0, 0.05) is 11.5 Å². The van der Waals surface area contributed by atoms with Crippen molar-refractivity contribution in [1.82, 2.24) is 0 Å². The topological polar surface area (TPSA) is 17.1 Å². The number of halogens is 5. The van der Waals surface area contributed by atoms with Crippen molar-refractivity contribution >= 4 is 29.0 Å². The van der Waals surface area contributed by atoms with Crippen LogP contribution < -0.4 is 0 Å². The SMILES string of the molecule is O=C(c1ccc(Cl)c(Cl)c1)C1CCCCC1C(F)(F)F. The first-order valence-corrected chi connectivity index (χ1v) is 7.12. The second-order valence-corrected chi connectivity index (χ2v) is 5.85. The molecule has 1 aliphatic carbocycles. The average molecular weight is 325 g/mol. The summed E-state index contributed by atoms with van der Waals surface area (Å²) in [6, 6.07) is 4.20. The van der Waals surface area contributed by atoms with E-state index in [1.54, 1.807) is 0 Å². The van der Waals surface area contributed by atoms with Gasteiger partial charge in [0.2, 0.25) is 0 Å². The Balaban J connectivity index is 2.27. The van der Waals surface area contributed by atoms with Crippen molar-refractivity contribution in [3.63, 3.8) is 0 Å². The second-order valence-electron chi connectivity index (χ2n) is 5.03. The molecule has 2 rings (SSSR count). The van der Waals surface area contributed by atoms with Crippen LogP contribution in [0.15, 0.2) is 18.2 Å². The predicted octanol–water partition coefficient (Wildman–Crippen LogP) is 5.54. The Hall–Kier alpha value is -0.740. The molecule has 0 radical (unpaired) electrons. The second kappa shape index (κ2) is 5.94. The highest BCUT2D eigenvalue weighted by Crippen LogP contribution is 2.43. The molecule has 0 aliphatic heterocycles. The molecule has 0 heterocycles. The first-order chi connectivity index (χ1) is 9.30. The molecule has 110 valence electrons. The highest BCUT2D eigenvalue weighted by atomic mass is 35.5. The van der Waals surface area contributed by atoms with Gasteiger partial charge in [-0.3, -0.25) is 4.79 Å². The lowest BCUT2D eigenvalue weighted by atomic mass is 9.75. The van der Waals surface area contributed by atoms with Crippen molar-refractivity contribution in [2.45, 2.75) is 31.9 Å². The van der Waals surface area contributed by atoms with E-state index >= 15 is 0 Å². The highest BCUT2D eigenvalue weighted by Gasteiger charge is 2.48. The maximum absolute atomic E-state index is 13.0. The minimum absolute atomic E-state index is 0.0151. The van der Waals surface area contributed by atoms with Crippen molar-refractivity contribution in [2.24, 2.45) is 11.8 Å². The van der Waals surface area contributed by atoms with Crippen molar-refractivity contribution in [2.75, 3.05) is 0 Å². The fourth-order valence-electron chi connectivity index (χ4n) is 2.70. The zero-order valence-electron chi connectivity index (χ0n) is 10.5. The maximum atomic E-state index is 13.0. The van der Waals surface area contributed by atoms with Gasteiger partial charge in [0.15, 0.2) is 5.78 Å². The molecule has 1 saturated carbocycles. The molecule has 1 aliphatic rings. The first-order valence-electron chi connectivity index (χ1n) is 6.36. The van der Waals surface area contributed by atoms with Crippen molar-refractivity contribution in [1.29, 1.82) is 0 Å². The van der Waals surface area contributed by atoms with Crippen LogP contribution in [0.1, 0.15) is 36.0 Å². The number of Topliss-reactive ketones (excluding diaryl/α,β-unsaturated/α-hetero) is 1. The quantitative estimate of drug-likeness (QED) is 0.652. The number of carbonyl (C=O) groups excluding carboxylic acids is 1. The Morgan fingerprint density at radius 1 is 1.10 bits per heavy atom. The first kappa shape index (κ1) is 15.6. The van der Waals surface area contributed by atoms with Gasteiger partial charge in [-0.1, -0.05) is 36.0 Å². The summed E-state index contributed by atoms with van der Waals surface area (Å²) in [7, 11) is 0. The van der Waals surface area contributed by atoms with Gasteiger partial charge < -0.3 is 0 Å².